The molecule has 0 aliphatic heterocycles. The summed E-state index contributed by atoms with van der Waals surface area (Å²) in [7, 11) is 1.62. The third-order valence-electron chi connectivity index (χ3n) is 3.00. The molecule has 4 nitrogen and oxygen atoms in total. The fourth-order valence-electron chi connectivity index (χ4n) is 1.58. The maximum absolute atomic E-state index is 12.0. The molecule has 4 heteroatoms. The predicted octanol–water partition coefficient (Wildman–Crippen LogP) is 2.77. The Balaban J connectivity index is 2.62. The first-order chi connectivity index (χ1) is 9.10. The van der Waals surface area contributed by atoms with Gasteiger partial charge in [0.1, 0.15) is 11.5 Å². The number of hydrogen-bond acceptors (Lipinski definition) is 3. The standard InChI is InChI=1S/C15H23NO3/c1-5-11(3)16-15(17)14(6-2)19-13-9-7-12(18-4)8-10-13/h7-11,14H,5-6H2,1-4H3,(H,16,17). The number of benzene rings is 1. The van der Waals surface area contributed by atoms with Crippen molar-refractivity contribution in [1.29, 1.82) is 0 Å². The summed E-state index contributed by atoms with van der Waals surface area (Å²) in [6, 6.07) is 7.40. The summed E-state index contributed by atoms with van der Waals surface area (Å²) >= 11 is 0. The molecule has 0 saturated heterocycles. The van der Waals surface area contributed by atoms with E-state index in [-0.39, 0.29) is 11.9 Å². The van der Waals surface area contributed by atoms with Gasteiger partial charge in [0.25, 0.3) is 5.91 Å². The van der Waals surface area contributed by atoms with Crippen LogP contribution in [0, 0.1) is 0 Å². The largest absolute Gasteiger partial charge is 0.497 e. The van der Waals surface area contributed by atoms with Crippen molar-refractivity contribution in [2.75, 3.05) is 7.11 Å². The second-order valence-corrected chi connectivity index (χ2v) is 4.51. The van der Waals surface area contributed by atoms with Crippen LogP contribution in [0.1, 0.15) is 33.6 Å². The lowest BCUT2D eigenvalue weighted by Crippen LogP contribution is -2.42. The van der Waals surface area contributed by atoms with Crippen molar-refractivity contribution in [3.8, 4) is 11.5 Å². The Morgan fingerprint density at radius 1 is 1.16 bits per heavy atom. The van der Waals surface area contributed by atoms with Gasteiger partial charge in [0.05, 0.1) is 7.11 Å². The second-order valence-electron chi connectivity index (χ2n) is 4.51. The molecule has 2 atom stereocenters. The minimum atomic E-state index is -0.456. The molecule has 0 saturated carbocycles. The van der Waals surface area contributed by atoms with Crippen molar-refractivity contribution in [3.63, 3.8) is 0 Å². The Hall–Kier alpha value is -1.71. The van der Waals surface area contributed by atoms with Gasteiger partial charge in [-0.05, 0) is 44.0 Å². The molecule has 1 aromatic rings. The average Bonchev–Trinajstić information content (AvgIpc) is 2.44. The number of carbonyl (C=O) groups excluding carboxylic acids is 1. The molecule has 2 unspecified atom stereocenters. The zero-order chi connectivity index (χ0) is 14.3. The summed E-state index contributed by atoms with van der Waals surface area (Å²) in [5, 5.41) is 2.93. The molecular weight excluding hydrogens is 242 g/mol. The fraction of sp³-hybridized carbons (Fsp3) is 0.533. The number of ether oxygens (including phenoxy) is 2. The zero-order valence-corrected chi connectivity index (χ0v) is 12.1. The highest BCUT2D eigenvalue weighted by atomic mass is 16.5. The second kappa shape index (κ2) is 7.67. The van der Waals surface area contributed by atoms with Gasteiger partial charge in [-0.2, -0.15) is 0 Å². The molecule has 0 radical (unpaired) electrons. The van der Waals surface area contributed by atoms with Gasteiger partial charge in [-0.3, -0.25) is 4.79 Å². The predicted molar refractivity (Wildman–Crippen MR) is 75.6 cm³/mol. The lowest BCUT2D eigenvalue weighted by Gasteiger charge is -2.19. The van der Waals surface area contributed by atoms with Gasteiger partial charge in [0.2, 0.25) is 0 Å². The van der Waals surface area contributed by atoms with Crippen LogP contribution in [0.15, 0.2) is 24.3 Å². The Kier molecular flexibility index (Phi) is 6.19. The van der Waals surface area contributed by atoms with Crippen molar-refractivity contribution in [1.82, 2.24) is 5.32 Å². The van der Waals surface area contributed by atoms with E-state index in [4.69, 9.17) is 9.47 Å². The van der Waals surface area contributed by atoms with Crippen LogP contribution in [0.25, 0.3) is 0 Å². The molecule has 0 heterocycles. The Morgan fingerprint density at radius 3 is 2.21 bits per heavy atom. The van der Waals surface area contributed by atoms with Gasteiger partial charge in [-0.25, -0.2) is 0 Å². The summed E-state index contributed by atoms with van der Waals surface area (Å²) in [6.45, 7) is 5.96. The highest BCUT2D eigenvalue weighted by Gasteiger charge is 2.19. The maximum Gasteiger partial charge on any atom is 0.261 e. The Bertz CT molecular complexity index is 389. The Morgan fingerprint density at radius 2 is 1.74 bits per heavy atom. The molecule has 1 rings (SSSR count). The quantitative estimate of drug-likeness (QED) is 0.824. The van der Waals surface area contributed by atoms with Gasteiger partial charge in [0, 0.05) is 6.04 Å². The third kappa shape index (κ3) is 4.81. The highest BCUT2D eigenvalue weighted by molar-refractivity contribution is 5.81. The summed E-state index contributed by atoms with van der Waals surface area (Å²) in [6.07, 6.45) is 1.08. The first kappa shape index (κ1) is 15.3. The van der Waals surface area contributed by atoms with E-state index in [0.29, 0.717) is 12.2 Å². The summed E-state index contributed by atoms with van der Waals surface area (Å²) < 4.78 is 10.8. The summed E-state index contributed by atoms with van der Waals surface area (Å²) in [5.74, 6) is 1.38. The first-order valence-electron chi connectivity index (χ1n) is 6.71. The van der Waals surface area contributed by atoms with E-state index in [1.165, 1.54) is 0 Å². The molecule has 0 spiro atoms. The maximum atomic E-state index is 12.0. The van der Waals surface area contributed by atoms with Crippen LogP contribution in [0.4, 0.5) is 0 Å². The summed E-state index contributed by atoms with van der Waals surface area (Å²) in [5.41, 5.74) is 0. The van der Waals surface area contributed by atoms with Crippen LogP contribution < -0.4 is 14.8 Å². The average molecular weight is 265 g/mol. The van der Waals surface area contributed by atoms with Gasteiger partial charge < -0.3 is 14.8 Å². The molecular formula is C15H23NO3. The monoisotopic (exact) mass is 265 g/mol. The molecule has 0 aliphatic carbocycles. The number of methoxy groups -OCH3 is 1. The van der Waals surface area contributed by atoms with Gasteiger partial charge in [-0.15, -0.1) is 0 Å². The lowest BCUT2D eigenvalue weighted by molar-refractivity contribution is -0.128. The van der Waals surface area contributed by atoms with E-state index >= 15 is 0 Å². The van der Waals surface area contributed by atoms with Crippen LogP contribution in [-0.2, 0) is 4.79 Å². The lowest BCUT2D eigenvalue weighted by atomic mass is 10.2. The van der Waals surface area contributed by atoms with Gasteiger partial charge in [0.15, 0.2) is 6.10 Å². The van der Waals surface area contributed by atoms with Crippen LogP contribution >= 0.6 is 0 Å². The molecule has 1 amide bonds. The molecule has 19 heavy (non-hydrogen) atoms. The molecule has 0 aliphatic rings. The van der Waals surface area contributed by atoms with E-state index in [9.17, 15) is 4.79 Å². The molecule has 0 bridgehead atoms. The SMILES string of the molecule is CCC(C)NC(=O)C(CC)Oc1ccc(OC)cc1. The summed E-state index contributed by atoms with van der Waals surface area (Å²) in [4.78, 5) is 12.0. The smallest absolute Gasteiger partial charge is 0.261 e. The number of carbonyl (C=O) groups is 1. The van der Waals surface area contributed by atoms with Crippen molar-refractivity contribution in [2.45, 2.75) is 45.8 Å². The first-order valence-corrected chi connectivity index (χ1v) is 6.71. The van der Waals surface area contributed by atoms with E-state index in [0.717, 1.165) is 12.2 Å². The molecule has 106 valence electrons. The van der Waals surface area contributed by atoms with Crippen LogP contribution in [0.5, 0.6) is 11.5 Å². The van der Waals surface area contributed by atoms with Crippen LogP contribution in [-0.4, -0.2) is 25.2 Å². The minimum Gasteiger partial charge on any atom is -0.497 e. The number of rotatable bonds is 7. The topological polar surface area (TPSA) is 47.6 Å². The third-order valence-corrected chi connectivity index (χ3v) is 3.00. The fourth-order valence-corrected chi connectivity index (χ4v) is 1.58. The Labute approximate surface area is 115 Å². The van der Waals surface area contributed by atoms with E-state index < -0.39 is 6.10 Å². The number of amides is 1. The molecule has 0 fully saturated rings. The molecule has 0 aromatic heterocycles. The van der Waals surface area contributed by atoms with Crippen LogP contribution in [0.2, 0.25) is 0 Å². The van der Waals surface area contributed by atoms with Crippen molar-refractivity contribution in [3.05, 3.63) is 24.3 Å². The van der Waals surface area contributed by atoms with Gasteiger partial charge in [-0.1, -0.05) is 13.8 Å². The van der Waals surface area contributed by atoms with Crippen molar-refractivity contribution >= 4 is 5.91 Å². The van der Waals surface area contributed by atoms with E-state index in [2.05, 4.69) is 5.32 Å². The highest BCUT2D eigenvalue weighted by Crippen LogP contribution is 2.19. The minimum absolute atomic E-state index is 0.0623. The van der Waals surface area contributed by atoms with Crippen LogP contribution in [0.3, 0.4) is 0 Å². The van der Waals surface area contributed by atoms with Crippen molar-refractivity contribution < 1.29 is 14.3 Å². The van der Waals surface area contributed by atoms with Crippen molar-refractivity contribution in [2.24, 2.45) is 0 Å². The zero-order valence-electron chi connectivity index (χ0n) is 12.1. The number of nitrogens with one attached hydrogen (secondary N) is 1. The van der Waals surface area contributed by atoms with Gasteiger partial charge >= 0.3 is 0 Å². The molecule has 1 N–H and O–H groups in total. The van der Waals surface area contributed by atoms with E-state index in [1.807, 2.05) is 32.9 Å². The van der Waals surface area contributed by atoms with E-state index in [1.54, 1.807) is 19.2 Å². The number of hydrogen-bond donors (Lipinski definition) is 1. The molecule has 1 aromatic carbocycles. The normalized spacial score (nSPS) is 13.5.